The van der Waals surface area contributed by atoms with Gasteiger partial charge in [0.05, 0.1) is 10.0 Å². The zero-order chi connectivity index (χ0) is 10.8. The monoisotopic (exact) mass is 236 g/mol. The van der Waals surface area contributed by atoms with Crippen molar-refractivity contribution >= 4 is 23.2 Å². The van der Waals surface area contributed by atoms with Crippen LogP contribution in [0, 0.1) is 6.92 Å². The van der Waals surface area contributed by atoms with Crippen LogP contribution in [0.15, 0.2) is 42.5 Å². The fraction of sp³-hybridized carbons (Fsp3) is 0.0769. The largest absolute Gasteiger partial charge is 0.0827 e. The summed E-state index contributed by atoms with van der Waals surface area (Å²) in [6.07, 6.45) is 0. The van der Waals surface area contributed by atoms with Crippen molar-refractivity contribution in [1.29, 1.82) is 0 Å². The first-order valence-electron chi connectivity index (χ1n) is 4.69. The van der Waals surface area contributed by atoms with E-state index < -0.39 is 0 Å². The van der Waals surface area contributed by atoms with Gasteiger partial charge in [-0.15, -0.1) is 0 Å². The molecule has 0 saturated carbocycles. The maximum Gasteiger partial charge on any atom is 0.0670 e. The van der Waals surface area contributed by atoms with Gasteiger partial charge in [-0.2, -0.15) is 0 Å². The highest BCUT2D eigenvalue weighted by Crippen LogP contribution is 2.33. The molecule has 0 nitrogen and oxygen atoms in total. The van der Waals surface area contributed by atoms with E-state index in [1.165, 1.54) is 5.56 Å². The van der Waals surface area contributed by atoms with Crippen LogP contribution in [0.1, 0.15) is 5.56 Å². The second-order valence-corrected chi connectivity index (χ2v) is 4.25. The molecular weight excluding hydrogens is 227 g/mol. The summed E-state index contributed by atoms with van der Waals surface area (Å²) in [5.74, 6) is 0. The SMILES string of the molecule is Cc1ccc(-c2cccc(Cl)c2Cl)cc1. The average molecular weight is 237 g/mol. The van der Waals surface area contributed by atoms with Crippen LogP contribution in [0.3, 0.4) is 0 Å². The highest BCUT2D eigenvalue weighted by Gasteiger charge is 2.05. The van der Waals surface area contributed by atoms with Crippen molar-refractivity contribution < 1.29 is 0 Å². The molecule has 0 aliphatic carbocycles. The fourth-order valence-corrected chi connectivity index (χ4v) is 1.87. The maximum absolute atomic E-state index is 6.14. The Labute approximate surface area is 99.5 Å². The van der Waals surface area contributed by atoms with Crippen molar-refractivity contribution in [1.82, 2.24) is 0 Å². The molecule has 0 saturated heterocycles. The summed E-state index contributed by atoms with van der Waals surface area (Å²) < 4.78 is 0. The minimum Gasteiger partial charge on any atom is -0.0827 e. The molecule has 2 aromatic carbocycles. The van der Waals surface area contributed by atoms with Crippen LogP contribution in [0.5, 0.6) is 0 Å². The maximum atomic E-state index is 6.14. The van der Waals surface area contributed by atoms with Gasteiger partial charge in [-0.05, 0) is 18.6 Å². The Kier molecular flexibility index (Phi) is 2.99. The van der Waals surface area contributed by atoms with Gasteiger partial charge < -0.3 is 0 Å². The van der Waals surface area contributed by atoms with E-state index >= 15 is 0 Å². The first kappa shape index (κ1) is 10.5. The van der Waals surface area contributed by atoms with Gasteiger partial charge >= 0.3 is 0 Å². The van der Waals surface area contributed by atoms with Gasteiger partial charge in [-0.1, -0.05) is 65.2 Å². The Hall–Kier alpha value is -0.980. The molecule has 0 aromatic heterocycles. The van der Waals surface area contributed by atoms with Gasteiger partial charge in [0, 0.05) is 5.56 Å². The number of aryl methyl sites for hydroxylation is 1. The van der Waals surface area contributed by atoms with Gasteiger partial charge in [0.25, 0.3) is 0 Å². The first-order chi connectivity index (χ1) is 7.18. The Morgan fingerprint density at radius 1 is 0.867 bits per heavy atom. The number of benzene rings is 2. The summed E-state index contributed by atoms with van der Waals surface area (Å²) in [6.45, 7) is 2.06. The van der Waals surface area contributed by atoms with Gasteiger partial charge in [0.1, 0.15) is 0 Å². The molecule has 0 N–H and O–H groups in total. The van der Waals surface area contributed by atoms with E-state index in [9.17, 15) is 0 Å². The third kappa shape index (κ3) is 2.17. The van der Waals surface area contributed by atoms with Crippen molar-refractivity contribution in [2.24, 2.45) is 0 Å². The lowest BCUT2D eigenvalue weighted by molar-refractivity contribution is 1.47. The van der Waals surface area contributed by atoms with Gasteiger partial charge in [0.2, 0.25) is 0 Å². The Morgan fingerprint density at radius 3 is 2.20 bits per heavy atom. The van der Waals surface area contributed by atoms with Gasteiger partial charge in [-0.3, -0.25) is 0 Å². The molecule has 0 atom stereocenters. The van der Waals surface area contributed by atoms with Crippen LogP contribution in [0.4, 0.5) is 0 Å². The third-order valence-electron chi connectivity index (χ3n) is 2.31. The van der Waals surface area contributed by atoms with Gasteiger partial charge in [-0.25, -0.2) is 0 Å². The fourth-order valence-electron chi connectivity index (χ4n) is 1.46. The number of hydrogen-bond donors (Lipinski definition) is 0. The molecule has 76 valence electrons. The van der Waals surface area contributed by atoms with Crippen molar-refractivity contribution in [3.63, 3.8) is 0 Å². The van der Waals surface area contributed by atoms with Crippen LogP contribution in [-0.2, 0) is 0 Å². The number of hydrogen-bond acceptors (Lipinski definition) is 0. The Morgan fingerprint density at radius 2 is 1.53 bits per heavy atom. The quantitative estimate of drug-likeness (QED) is 0.656. The van der Waals surface area contributed by atoms with Crippen LogP contribution >= 0.6 is 23.2 Å². The van der Waals surface area contributed by atoms with Crippen molar-refractivity contribution in [2.75, 3.05) is 0 Å². The summed E-state index contributed by atoms with van der Waals surface area (Å²) in [5.41, 5.74) is 3.30. The summed E-state index contributed by atoms with van der Waals surface area (Å²) in [6, 6.07) is 13.9. The summed E-state index contributed by atoms with van der Waals surface area (Å²) in [4.78, 5) is 0. The molecule has 2 rings (SSSR count). The Balaban J connectivity index is 2.54. The molecule has 0 radical (unpaired) electrons. The molecule has 15 heavy (non-hydrogen) atoms. The summed E-state index contributed by atoms with van der Waals surface area (Å²) in [5, 5.41) is 1.21. The molecule has 2 aromatic rings. The predicted molar refractivity (Wildman–Crippen MR) is 66.6 cm³/mol. The van der Waals surface area contributed by atoms with E-state index in [2.05, 4.69) is 19.1 Å². The van der Waals surface area contributed by atoms with Crippen LogP contribution in [0.2, 0.25) is 10.0 Å². The van der Waals surface area contributed by atoms with E-state index in [4.69, 9.17) is 23.2 Å². The van der Waals surface area contributed by atoms with Crippen LogP contribution in [0.25, 0.3) is 11.1 Å². The molecule has 0 bridgehead atoms. The zero-order valence-corrected chi connectivity index (χ0v) is 9.81. The lowest BCUT2D eigenvalue weighted by atomic mass is 10.0. The molecule has 0 aliphatic heterocycles. The summed E-state index contributed by atoms with van der Waals surface area (Å²) in [7, 11) is 0. The van der Waals surface area contributed by atoms with E-state index in [1.807, 2.05) is 24.3 Å². The second kappa shape index (κ2) is 4.26. The number of rotatable bonds is 1. The van der Waals surface area contributed by atoms with Crippen LogP contribution in [-0.4, -0.2) is 0 Å². The zero-order valence-electron chi connectivity index (χ0n) is 8.30. The lowest BCUT2D eigenvalue weighted by Gasteiger charge is -2.05. The van der Waals surface area contributed by atoms with E-state index in [-0.39, 0.29) is 0 Å². The molecule has 2 heteroatoms. The normalized spacial score (nSPS) is 10.3. The third-order valence-corrected chi connectivity index (χ3v) is 3.13. The first-order valence-corrected chi connectivity index (χ1v) is 5.45. The smallest absolute Gasteiger partial charge is 0.0670 e. The van der Waals surface area contributed by atoms with E-state index in [1.54, 1.807) is 6.07 Å². The highest BCUT2D eigenvalue weighted by atomic mass is 35.5. The number of halogens is 2. The van der Waals surface area contributed by atoms with Crippen molar-refractivity contribution in [3.8, 4) is 11.1 Å². The second-order valence-electron chi connectivity index (χ2n) is 3.47. The van der Waals surface area contributed by atoms with Gasteiger partial charge in [0.15, 0.2) is 0 Å². The average Bonchev–Trinajstić information content (AvgIpc) is 2.24. The molecular formula is C13H10Cl2. The molecule has 0 heterocycles. The molecule has 0 aliphatic rings. The summed E-state index contributed by atoms with van der Waals surface area (Å²) >= 11 is 12.1. The van der Waals surface area contributed by atoms with Crippen molar-refractivity contribution in [2.45, 2.75) is 6.92 Å². The highest BCUT2D eigenvalue weighted by molar-refractivity contribution is 6.43. The van der Waals surface area contributed by atoms with Crippen molar-refractivity contribution in [3.05, 3.63) is 58.1 Å². The van der Waals surface area contributed by atoms with E-state index in [0.29, 0.717) is 10.0 Å². The predicted octanol–water partition coefficient (Wildman–Crippen LogP) is 4.97. The Bertz CT molecular complexity index is 472. The van der Waals surface area contributed by atoms with E-state index in [0.717, 1.165) is 11.1 Å². The van der Waals surface area contributed by atoms with Crippen LogP contribution < -0.4 is 0 Å². The molecule has 0 amide bonds. The minimum atomic E-state index is 0.592. The lowest BCUT2D eigenvalue weighted by Crippen LogP contribution is -1.80. The topological polar surface area (TPSA) is 0 Å². The minimum absolute atomic E-state index is 0.592. The molecule has 0 unspecified atom stereocenters. The standard InChI is InChI=1S/C13H10Cl2/c1-9-5-7-10(8-6-9)11-3-2-4-12(14)13(11)15/h2-8H,1H3. The molecule has 0 fully saturated rings. The molecule has 0 spiro atoms.